The van der Waals surface area contributed by atoms with E-state index in [1.807, 2.05) is 45.0 Å². The molecule has 0 N–H and O–H groups in total. The number of benzene rings is 3. The Morgan fingerprint density at radius 3 is 0.686 bits per heavy atom. The van der Waals surface area contributed by atoms with E-state index in [0.717, 1.165) is 11.1 Å². The third kappa shape index (κ3) is 48.6. The van der Waals surface area contributed by atoms with Crippen LogP contribution in [0.25, 0.3) is 0 Å². The maximum absolute atomic E-state index is 15.0. The van der Waals surface area contributed by atoms with Crippen LogP contribution in [0.4, 0.5) is 0 Å². The zero-order valence-electron chi connectivity index (χ0n) is 63.5. The highest BCUT2D eigenvalue weighted by Gasteiger charge is 2.44. The van der Waals surface area contributed by atoms with Crippen molar-refractivity contribution < 1.29 is 133 Å². The van der Waals surface area contributed by atoms with Gasteiger partial charge in [0.25, 0.3) is 0 Å². The van der Waals surface area contributed by atoms with E-state index < -0.39 is 24.2 Å². The van der Waals surface area contributed by atoms with E-state index in [9.17, 15) is 14.4 Å². The molecule has 600 valence electrons. The Hall–Kier alpha value is -4.48. The number of esters is 1. The number of carbonyl (C=O) groups excluding carboxylic acids is 3. The van der Waals surface area contributed by atoms with E-state index in [-0.39, 0.29) is 11.9 Å². The molecule has 1 unspecified atom stereocenters. The van der Waals surface area contributed by atoms with Crippen LogP contribution in [0.5, 0.6) is 0 Å². The van der Waals surface area contributed by atoms with E-state index in [2.05, 4.69) is 6.58 Å². The van der Waals surface area contributed by atoms with Crippen molar-refractivity contribution in [1.29, 1.82) is 0 Å². The molecular weight excluding hydrogens is 1390 g/mol. The van der Waals surface area contributed by atoms with Crippen molar-refractivity contribution in [3.63, 3.8) is 0 Å². The third-order valence-corrected chi connectivity index (χ3v) is 17.3. The highest BCUT2D eigenvalue weighted by Crippen LogP contribution is 2.52. The second kappa shape index (κ2) is 66.5. The summed E-state index contributed by atoms with van der Waals surface area (Å²) >= 11 is 0. The lowest BCUT2D eigenvalue weighted by Crippen LogP contribution is -2.23. The van der Waals surface area contributed by atoms with Gasteiger partial charge in [-0.3, -0.25) is 9.59 Å². The van der Waals surface area contributed by atoms with E-state index in [0.29, 0.717) is 343 Å². The van der Waals surface area contributed by atoms with Gasteiger partial charge in [0.05, 0.1) is 304 Å². The van der Waals surface area contributed by atoms with Gasteiger partial charge in [0.1, 0.15) is 6.61 Å². The molecule has 3 aromatic carbocycles. The number of rotatable bonds is 77. The minimum absolute atomic E-state index is 0.187. The number of aryl methyl sites for hydroxylation is 5. The number of hydrogen-bond acceptors (Lipinski definition) is 28. The predicted molar refractivity (Wildman–Crippen MR) is 392 cm³/mol. The van der Waals surface area contributed by atoms with Crippen molar-refractivity contribution >= 4 is 29.5 Å². The van der Waals surface area contributed by atoms with Gasteiger partial charge in [-0.1, -0.05) is 66.7 Å². The first-order valence-electron chi connectivity index (χ1n) is 36.4. The van der Waals surface area contributed by atoms with Gasteiger partial charge in [-0.15, -0.1) is 0 Å². The van der Waals surface area contributed by atoms with Crippen LogP contribution in [0, 0.1) is 34.6 Å². The van der Waals surface area contributed by atoms with Gasteiger partial charge in [-0.25, -0.2) is 4.79 Å². The fourth-order valence-electron chi connectivity index (χ4n) is 9.62. The van der Waals surface area contributed by atoms with Crippen LogP contribution in [0.3, 0.4) is 0 Å². The lowest BCUT2D eigenvalue weighted by atomic mass is 10.0. The summed E-state index contributed by atoms with van der Waals surface area (Å²) in [5.74, 6) is -0.421. The van der Waals surface area contributed by atoms with Crippen molar-refractivity contribution in [1.82, 2.24) is 0 Å². The first-order valence-corrected chi connectivity index (χ1v) is 38.1. The Bertz CT molecular complexity index is 2640. The van der Waals surface area contributed by atoms with Gasteiger partial charge in [0, 0.05) is 22.0 Å². The monoisotopic (exact) mass is 1510 g/mol. The molecule has 0 aromatic heterocycles. The Balaban J connectivity index is 0.920. The second-order valence-corrected chi connectivity index (χ2v) is 25.9. The molecule has 0 heterocycles. The molecule has 105 heavy (non-hydrogen) atoms. The summed E-state index contributed by atoms with van der Waals surface area (Å²) in [6, 6.07) is 15.8. The molecule has 29 heteroatoms. The molecule has 1 atom stereocenters. The summed E-state index contributed by atoms with van der Waals surface area (Å²) in [6.07, 6.45) is 0. The number of ether oxygens (including phenoxy) is 24. The van der Waals surface area contributed by atoms with Crippen molar-refractivity contribution in [2.24, 2.45) is 0 Å². The lowest BCUT2D eigenvalue weighted by Gasteiger charge is -2.21. The summed E-state index contributed by atoms with van der Waals surface area (Å²) in [4.78, 5) is 40.0. The first-order chi connectivity index (χ1) is 51.4. The first kappa shape index (κ1) is 94.7. The van der Waals surface area contributed by atoms with Crippen LogP contribution >= 0.6 is 7.14 Å². The van der Waals surface area contributed by atoms with Crippen molar-refractivity contribution in [2.75, 3.05) is 304 Å². The van der Waals surface area contributed by atoms with Crippen molar-refractivity contribution in [2.45, 2.75) is 48.1 Å². The summed E-state index contributed by atoms with van der Waals surface area (Å²) in [6.45, 7) is 35.1. The molecule has 0 saturated carbocycles. The van der Waals surface area contributed by atoms with Crippen LogP contribution in [0.2, 0.25) is 0 Å². The number of hydrogen-bond donors (Lipinski definition) is 0. The van der Waals surface area contributed by atoms with E-state index in [4.69, 9.17) is 114 Å². The molecule has 0 saturated heterocycles. The van der Waals surface area contributed by atoms with Crippen LogP contribution < -0.4 is 5.30 Å². The van der Waals surface area contributed by atoms with Gasteiger partial charge in [-0.2, -0.15) is 0 Å². The van der Waals surface area contributed by atoms with Crippen molar-refractivity contribution in [3.05, 3.63) is 111 Å². The molecule has 3 aromatic rings. The van der Waals surface area contributed by atoms with Gasteiger partial charge in [0.15, 0.2) is 0 Å². The highest BCUT2D eigenvalue weighted by atomic mass is 31.2. The van der Waals surface area contributed by atoms with Crippen LogP contribution in [-0.4, -0.2) is 321 Å². The second-order valence-electron chi connectivity index (χ2n) is 23.4. The smallest absolute Gasteiger partial charge is 0.333 e. The predicted octanol–water partition coefficient (Wildman–Crippen LogP) is 6.90. The zero-order valence-corrected chi connectivity index (χ0v) is 64.4. The molecule has 3 rings (SSSR count). The Labute approximate surface area is 623 Å². The summed E-state index contributed by atoms with van der Waals surface area (Å²) < 4.78 is 147. The zero-order chi connectivity index (χ0) is 75.6. The van der Waals surface area contributed by atoms with Gasteiger partial charge >= 0.3 is 5.97 Å². The van der Waals surface area contributed by atoms with E-state index in [1.165, 1.54) is 0 Å². The molecule has 0 bridgehead atoms. The average Bonchev–Trinajstić information content (AvgIpc) is 0.748. The third-order valence-electron chi connectivity index (χ3n) is 14.7. The lowest BCUT2D eigenvalue weighted by molar-refractivity contribution is -0.140. The number of carbonyl (C=O) groups is 3. The molecule has 0 spiro atoms. The molecule has 0 amide bonds. The summed E-state index contributed by atoms with van der Waals surface area (Å²) in [5, 5.41) is 0.221. The highest BCUT2D eigenvalue weighted by molar-refractivity contribution is 8.01. The summed E-state index contributed by atoms with van der Waals surface area (Å²) in [7, 11) is -4.28. The summed E-state index contributed by atoms with van der Waals surface area (Å²) in [5.41, 5.74) is 4.15. The average molecular weight is 1520 g/mol. The Kier molecular flexibility index (Phi) is 60.0. The topological polar surface area (TPSA) is 290 Å². The fraction of sp³-hybridized carbons (Fsp3) is 0.697. The maximum Gasteiger partial charge on any atom is 0.333 e. The molecule has 28 nitrogen and oxygen atoms in total. The van der Waals surface area contributed by atoms with E-state index in [1.54, 1.807) is 51.1 Å². The van der Waals surface area contributed by atoms with Gasteiger partial charge < -0.3 is 118 Å². The quantitative estimate of drug-likeness (QED) is 0.0240. The molecular formula is C76H123O28P. The normalized spacial score (nSPS) is 12.2. The van der Waals surface area contributed by atoms with Gasteiger partial charge in [0.2, 0.25) is 18.2 Å². The van der Waals surface area contributed by atoms with Crippen LogP contribution in [0.1, 0.15) is 61.0 Å². The van der Waals surface area contributed by atoms with Crippen LogP contribution in [0.15, 0.2) is 66.7 Å². The van der Waals surface area contributed by atoms with E-state index >= 15 is 4.57 Å². The molecule has 0 aliphatic carbocycles. The Morgan fingerprint density at radius 1 is 0.286 bits per heavy atom. The van der Waals surface area contributed by atoms with Crippen molar-refractivity contribution in [3.8, 4) is 0 Å². The minimum Gasteiger partial charge on any atom is -0.460 e. The standard InChI is InChI=1S/C76H123O28P/c1-64(2)74(77)104-58-57-102-54-53-100-50-49-98-46-45-96-42-41-94-38-37-92-34-33-90-30-29-88-26-25-86-22-21-84-18-17-82-14-13-81-15-16-83-19-20-85-23-24-87-27-28-89-31-32-91-35-36-93-39-40-95-43-44-97-47-48-99-51-52-101-55-56-103-63-70-61-68(6)73(69(7)62-70)76(79)105(80,71-11-9-8-10-12-71)75(78)72-66(4)59-65(3)60-67(72)5/h8-12,59-62H,1,13-58,63H2,2-7H3. The fourth-order valence-corrected chi connectivity index (χ4v) is 12.2. The molecule has 0 fully saturated rings. The largest absolute Gasteiger partial charge is 0.460 e. The maximum atomic E-state index is 15.0. The SMILES string of the molecule is C=C(C)C(=O)OCCOCCOCCOCCOCCOCCOCCOCCOCCOCCOCCOCCOCCOCCOCCOCCOCCOCCOCCOCCOCCOCCOCCOCc1cc(C)c(C(=O)P(=O)(C(=O)c2c(C)cc(C)cc2C)c2ccccc2)c(C)c1. The van der Waals surface area contributed by atoms with Crippen LogP contribution in [-0.2, 0) is 130 Å². The molecule has 0 aliphatic rings. The molecule has 0 aliphatic heterocycles. The molecule has 0 radical (unpaired) electrons. The van der Waals surface area contributed by atoms with Gasteiger partial charge in [-0.05, 0) is 69.4 Å². The minimum atomic E-state index is -4.28. The Morgan fingerprint density at radius 2 is 0.476 bits per heavy atom.